The molecule has 3 amide bonds. The van der Waals surface area contributed by atoms with Gasteiger partial charge in [-0.05, 0) is 24.5 Å². The maximum Gasteiger partial charge on any atom is 0.341 e. The van der Waals surface area contributed by atoms with Crippen LogP contribution in [0.15, 0.2) is 24.5 Å². The van der Waals surface area contributed by atoms with Gasteiger partial charge in [-0.25, -0.2) is 10.1 Å². The first-order chi connectivity index (χ1) is 9.93. The summed E-state index contributed by atoms with van der Waals surface area (Å²) >= 11 is 0. The minimum absolute atomic E-state index is 0.168. The summed E-state index contributed by atoms with van der Waals surface area (Å²) in [6.45, 7) is 3.84. The number of hydrogen-bond donors (Lipinski definition) is 1. The topological polar surface area (TPSA) is 100 Å². The van der Waals surface area contributed by atoms with Crippen LogP contribution in [0.1, 0.15) is 20.3 Å². The van der Waals surface area contributed by atoms with Crippen LogP contribution in [0.5, 0.6) is 0 Å². The van der Waals surface area contributed by atoms with Gasteiger partial charge < -0.3 is 5.32 Å². The number of likely N-dealkylation sites (N-methyl/N-ethyl adjacent to an activating group) is 1. The summed E-state index contributed by atoms with van der Waals surface area (Å²) in [4.78, 5) is 28.6. The average Bonchev–Trinajstić information content (AvgIpc) is 2.45. The van der Waals surface area contributed by atoms with Crippen LogP contribution in [-0.4, -0.2) is 34.9 Å². The zero-order valence-electron chi connectivity index (χ0n) is 12.3. The van der Waals surface area contributed by atoms with E-state index in [4.69, 9.17) is 5.26 Å². The largest absolute Gasteiger partial charge is 0.341 e. The first-order valence-electron chi connectivity index (χ1n) is 6.53. The van der Waals surface area contributed by atoms with Gasteiger partial charge in [0.15, 0.2) is 6.19 Å². The fraction of sp³-hybridized carbons (Fsp3) is 0.429. The van der Waals surface area contributed by atoms with E-state index in [9.17, 15) is 9.59 Å². The Labute approximate surface area is 124 Å². The predicted molar refractivity (Wildman–Crippen MR) is 77.0 cm³/mol. The maximum absolute atomic E-state index is 12.0. The number of nitrogens with zero attached hydrogens (tertiary/aromatic N) is 4. The third kappa shape index (κ3) is 5.48. The molecule has 1 aromatic rings. The Morgan fingerprint density at radius 1 is 1.52 bits per heavy atom. The van der Waals surface area contributed by atoms with Gasteiger partial charge in [0.05, 0.1) is 11.9 Å². The summed E-state index contributed by atoms with van der Waals surface area (Å²) in [5.41, 5.74) is 0.496. The second-order valence-corrected chi connectivity index (χ2v) is 4.94. The van der Waals surface area contributed by atoms with Gasteiger partial charge in [-0.2, -0.15) is 5.26 Å². The lowest BCUT2D eigenvalue weighted by Gasteiger charge is -2.19. The molecule has 7 heteroatoms. The molecule has 1 unspecified atom stereocenters. The molecule has 1 N–H and O–H groups in total. The summed E-state index contributed by atoms with van der Waals surface area (Å²) in [7, 11) is 1.35. The molecule has 0 fully saturated rings. The van der Waals surface area contributed by atoms with Crippen LogP contribution < -0.4 is 10.6 Å². The Balaban J connectivity index is 2.70. The molecule has 1 radical (unpaired) electrons. The zero-order valence-corrected chi connectivity index (χ0v) is 12.3. The number of anilines is 1. The number of aromatic nitrogens is 1. The van der Waals surface area contributed by atoms with Crippen LogP contribution in [0.2, 0.25) is 0 Å². The van der Waals surface area contributed by atoms with Gasteiger partial charge in [-0.1, -0.05) is 13.8 Å². The van der Waals surface area contributed by atoms with Gasteiger partial charge in [0.25, 0.3) is 5.91 Å². The number of rotatable bonds is 5. The molecular weight excluding hydrogens is 270 g/mol. The highest BCUT2D eigenvalue weighted by Gasteiger charge is 2.26. The highest BCUT2D eigenvalue weighted by molar-refractivity contribution is 5.93. The van der Waals surface area contributed by atoms with Crippen molar-refractivity contribution in [1.82, 2.24) is 15.2 Å². The Bertz CT molecular complexity index is 524. The van der Waals surface area contributed by atoms with Crippen LogP contribution in [-0.2, 0) is 4.79 Å². The van der Waals surface area contributed by atoms with Crippen LogP contribution >= 0.6 is 0 Å². The fourth-order valence-corrected chi connectivity index (χ4v) is 1.66. The molecule has 0 saturated heterocycles. The van der Waals surface area contributed by atoms with Crippen LogP contribution in [0, 0.1) is 17.4 Å². The van der Waals surface area contributed by atoms with E-state index in [0.717, 1.165) is 4.90 Å². The lowest BCUT2D eigenvalue weighted by Crippen LogP contribution is -2.43. The molecule has 0 aromatic carbocycles. The predicted octanol–water partition coefficient (Wildman–Crippen LogP) is 1.57. The molecule has 1 heterocycles. The smallest absolute Gasteiger partial charge is 0.305 e. The third-order valence-electron chi connectivity index (χ3n) is 2.65. The highest BCUT2D eigenvalue weighted by atomic mass is 16.2. The van der Waals surface area contributed by atoms with Crippen molar-refractivity contribution in [1.29, 1.82) is 5.26 Å². The van der Waals surface area contributed by atoms with E-state index in [1.165, 1.54) is 13.2 Å². The summed E-state index contributed by atoms with van der Waals surface area (Å²) in [5, 5.41) is 15.2. The minimum atomic E-state index is -0.869. The number of carbonyl (C=O) groups is 2. The average molecular weight is 288 g/mol. The molecule has 1 atom stereocenters. The van der Waals surface area contributed by atoms with Crippen molar-refractivity contribution in [3.05, 3.63) is 24.5 Å². The van der Waals surface area contributed by atoms with E-state index in [-0.39, 0.29) is 5.92 Å². The molecule has 0 aliphatic heterocycles. The van der Waals surface area contributed by atoms with Crippen LogP contribution in [0.25, 0.3) is 0 Å². The summed E-state index contributed by atoms with van der Waals surface area (Å²) in [6.07, 6.45) is 5.18. The van der Waals surface area contributed by atoms with Crippen molar-refractivity contribution >= 4 is 17.6 Å². The second-order valence-electron chi connectivity index (χ2n) is 4.94. The number of amides is 3. The molecule has 0 aliphatic rings. The Morgan fingerprint density at radius 3 is 2.76 bits per heavy atom. The van der Waals surface area contributed by atoms with Gasteiger partial charge >= 0.3 is 6.03 Å². The van der Waals surface area contributed by atoms with Gasteiger partial charge in [0, 0.05) is 13.2 Å². The SMILES string of the molecule is CC(C)CC([N]C(=O)Nc1cccnc1)C(=O)N(C)C#N. The number of nitrogens with one attached hydrogen (secondary N) is 1. The first-order valence-corrected chi connectivity index (χ1v) is 6.53. The lowest BCUT2D eigenvalue weighted by atomic mass is 10.0. The minimum Gasteiger partial charge on any atom is -0.305 e. The Morgan fingerprint density at radius 2 is 2.24 bits per heavy atom. The Hall–Kier alpha value is -2.62. The number of carbonyl (C=O) groups excluding carboxylic acids is 2. The van der Waals surface area contributed by atoms with Crippen molar-refractivity contribution in [2.45, 2.75) is 26.3 Å². The van der Waals surface area contributed by atoms with E-state index >= 15 is 0 Å². The first kappa shape index (κ1) is 16.4. The second kappa shape index (κ2) is 7.85. The number of pyridine rings is 1. The quantitative estimate of drug-likeness (QED) is 0.656. The van der Waals surface area contributed by atoms with Gasteiger partial charge in [-0.15, -0.1) is 0 Å². The van der Waals surface area contributed by atoms with Gasteiger partial charge in [0.1, 0.15) is 6.04 Å². The number of urea groups is 1. The van der Waals surface area contributed by atoms with E-state index < -0.39 is 18.0 Å². The molecule has 7 nitrogen and oxygen atoms in total. The van der Waals surface area contributed by atoms with E-state index in [1.807, 2.05) is 13.8 Å². The summed E-state index contributed by atoms with van der Waals surface area (Å²) < 4.78 is 0. The third-order valence-corrected chi connectivity index (χ3v) is 2.65. The molecule has 111 valence electrons. The van der Waals surface area contributed by atoms with Crippen LogP contribution in [0.3, 0.4) is 0 Å². The van der Waals surface area contributed by atoms with E-state index in [2.05, 4.69) is 15.6 Å². The molecule has 1 aromatic heterocycles. The summed E-state index contributed by atoms with van der Waals surface area (Å²) in [6, 6.07) is 1.84. The normalized spacial score (nSPS) is 11.4. The summed E-state index contributed by atoms with van der Waals surface area (Å²) in [5.74, 6) is -0.325. The molecule has 21 heavy (non-hydrogen) atoms. The fourth-order valence-electron chi connectivity index (χ4n) is 1.66. The monoisotopic (exact) mass is 288 g/mol. The van der Waals surface area contributed by atoms with Gasteiger partial charge in [-0.3, -0.25) is 14.7 Å². The van der Waals surface area contributed by atoms with E-state index in [1.54, 1.807) is 24.5 Å². The van der Waals surface area contributed by atoms with Crippen molar-refractivity contribution in [3.8, 4) is 6.19 Å². The molecule has 0 saturated carbocycles. The number of hydrogen-bond acceptors (Lipinski definition) is 4. The number of nitriles is 1. The van der Waals surface area contributed by atoms with Crippen molar-refractivity contribution in [2.75, 3.05) is 12.4 Å². The lowest BCUT2D eigenvalue weighted by molar-refractivity contribution is -0.129. The van der Waals surface area contributed by atoms with Crippen molar-refractivity contribution in [3.63, 3.8) is 0 Å². The van der Waals surface area contributed by atoms with Crippen molar-refractivity contribution < 1.29 is 9.59 Å². The van der Waals surface area contributed by atoms with Crippen LogP contribution in [0.4, 0.5) is 10.5 Å². The maximum atomic E-state index is 12.0. The standard InChI is InChI=1S/C14H18N5O2/c1-10(2)7-12(13(20)19(3)9-15)18-14(21)17-11-5-4-6-16-8-11/h4-6,8,10,12H,7H2,1-3H3,(H,17,21). The van der Waals surface area contributed by atoms with Crippen molar-refractivity contribution in [2.24, 2.45) is 5.92 Å². The molecule has 0 spiro atoms. The molecular formula is C14H18N5O2. The molecule has 1 rings (SSSR count). The molecule has 0 bridgehead atoms. The van der Waals surface area contributed by atoms with Gasteiger partial charge in [0.2, 0.25) is 0 Å². The Kier molecular flexibility index (Phi) is 6.14. The van der Waals surface area contributed by atoms with E-state index in [0.29, 0.717) is 12.1 Å². The zero-order chi connectivity index (χ0) is 15.8. The molecule has 0 aliphatic carbocycles. The highest BCUT2D eigenvalue weighted by Crippen LogP contribution is 2.09.